The molecule has 0 aromatic heterocycles. The summed E-state index contributed by atoms with van der Waals surface area (Å²) in [4.78, 5) is 29.3. The summed E-state index contributed by atoms with van der Waals surface area (Å²) in [5.74, 6) is -0.256. The summed E-state index contributed by atoms with van der Waals surface area (Å²) < 4.78 is 6.34. The number of imide groups is 1. The van der Waals surface area contributed by atoms with Crippen LogP contribution in [-0.4, -0.2) is 16.9 Å². The van der Waals surface area contributed by atoms with Gasteiger partial charge in [0.15, 0.2) is 5.60 Å². The van der Waals surface area contributed by atoms with Gasteiger partial charge >= 0.3 is 6.09 Å². The largest absolute Gasteiger partial charge is 0.430 e. The summed E-state index contributed by atoms with van der Waals surface area (Å²) >= 11 is 0. The Bertz CT molecular complexity index is 1340. The first-order valence-electron chi connectivity index (χ1n) is 13.2. The van der Waals surface area contributed by atoms with E-state index in [1.54, 1.807) is 0 Å². The molecule has 0 bridgehead atoms. The van der Waals surface area contributed by atoms with Gasteiger partial charge in [-0.3, -0.25) is 4.79 Å². The number of hydrogen-bond donors (Lipinski definition) is 0. The average Bonchev–Trinajstić information content (AvgIpc) is 3.27. The van der Waals surface area contributed by atoms with E-state index in [1.165, 1.54) is 10.5 Å². The lowest BCUT2D eigenvalue weighted by Gasteiger charge is -2.36. The van der Waals surface area contributed by atoms with Gasteiger partial charge in [0.25, 0.3) is 0 Å². The number of rotatable bonds is 7. The van der Waals surface area contributed by atoms with Gasteiger partial charge < -0.3 is 4.74 Å². The molecule has 1 aliphatic rings. The molecule has 1 heterocycles. The second kappa shape index (κ2) is 10.7. The number of benzene rings is 4. The van der Waals surface area contributed by atoms with E-state index in [0.29, 0.717) is 5.92 Å². The smallest absolute Gasteiger partial charge is 0.418 e. The van der Waals surface area contributed by atoms with Crippen LogP contribution >= 0.6 is 0 Å². The first-order chi connectivity index (χ1) is 18.4. The molecular formula is C34H33NO3. The molecule has 0 N–H and O–H groups in total. The molecule has 1 fully saturated rings. The number of amides is 2. The molecule has 4 heteroatoms. The van der Waals surface area contributed by atoms with Crippen LogP contribution in [0.2, 0.25) is 0 Å². The van der Waals surface area contributed by atoms with Crippen LogP contribution in [0.5, 0.6) is 0 Å². The topological polar surface area (TPSA) is 46.6 Å². The fourth-order valence-corrected chi connectivity index (χ4v) is 5.50. The summed E-state index contributed by atoms with van der Waals surface area (Å²) in [5.41, 5.74) is 3.37. The van der Waals surface area contributed by atoms with Crippen LogP contribution in [0, 0.1) is 5.92 Å². The second-order valence-electron chi connectivity index (χ2n) is 10.4. The van der Waals surface area contributed by atoms with Crippen molar-refractivity contribution in [3.8, 4) is 0 Å². The minimum absolute atomic E-state index is 0.283. The van der Waals surface area contributed by atoms with E-state index in [4.69, 9.17) is 4.74 Å². The van der Waals surface area contributed by atoms with Crippen LogP contribution in [-0.2, 0) is 21.6 Å². The molecule has 38 heavy (non-hydrogen) atoms. The third kappa shape index (κ3) is 4.63. The van der Waals surface area contributed by atoms with E-state index in [2.05, 4.69) is 26.0 Å². The molecule has 192 valence electrons. The molecule has 0 saturated carbocycles. The quantitative estimate of drug-likeness (QED) is 0.260. The second-order valence-corrected chi connectivity index (χ2v) is 10.4. The zero-order chi connectivity index (χ0) is 26.7. The SMILES string of the molecule is CC(C)Cc1ccc([C@@H](C)C(=O)N2C(=O)OC(c3ccccc3)(c3ccccc3)[C@@H]2c2ccccc2)cc1. The molecule has 5 rings (SSSR count). The standard InChI is InChI=1S/C34H33NO3/c1-24(2)23-26-19-21-27(22-20-26)25(3)32(36)35-31(28-13-7-4-8-14-28)34(38-33(35)37,29-15-9-5-10-16-29)30-17-11-6-12-18-30/h4-22,24-25,31H,23H2,1-3H3/t25-,31+/m1/s1. The molecule has 0 aliphatic carbocycles. The molecule has 2 atom stereocenters. The lowest BCUT2D eigenvalue weighted by atomic mass is 9.77. The van der Waals surface area contributed by atoms with Gasteiger partial charge in [0, 0.05) is 11.1 Å². The normalized spacial score (nSPS) is 17.3. The molecular weight excluding hydrogens is 470 g/mol. The maximum atomic E-state index is 14.2. The molecule has 4 aromatic rings. The van der Waals surface area contributed by atoms with E-state index in [9.17, 15) is 9.59 Å². The van der Waals surface area contributed by atoms with E-state index < -0.39 is 23.7 Å². The maximum Gasteiger partial charge on any atom is 0.418 e. The Morgan fingerprint density at radius 1 is 0.763 bits per heavy atom. The molecule has 2 amide bonds. The fraction of sp³-hybridized carbons (Fsp3) is 0.235. The summed E-state index contributed by atoms with van der Waals surface area (Å²) in [6, 6.07) is 36.6. The first kappa shape index (κ1) is 25.5. The number of carbonyl (C=O) groups is 2. The molecule has 1 saturated heterocycles. The Labute approximate surface area is 224 Å². The van der Waals surface area contributed by atoms with Gasteiger partial charge in [-0.2, -0.15) is 0 Å². The van der Waals surface area contributed by atoms with Gasteiger partial charge in [-0.25, -0.2) is 9.69 Å². The first-order valence-corrected chi connectivity index (χ1v) is 13.2. The Morgan fingerprint density at radius 2 is 1.26 bits per heavy atom. The molecule has 0 spiro atoms. The Morgan fingerprint density at radius 3 is 1.76 bits per heavy atom. The van der Waals surface area contributed by atoms with E-state index in [1.807, 2.05) is 110 Å². The highest BCUT2D eigenvalue weighted by Gasteiger charge is 2.59. The van der Waals surface area contributed by atoms with Crippen molar-refractivity contribution in [2.24, 2.45) is 5.92 Å². The lowest BCUT2D eigenvalue weighted by Crippen LogP contribution is -2.41. The molecule has 4 nitrogen and oxygen atoms in total. The minimum atomic E-state index is -1.20. The van der Waals surface area contributed by atoms with Crippen molar-refractivity contribution in [1.82, 2.24) is 4.90 Å². The molecule has 1 aliphatic heterocycles. The van der Waals surface area contributed by atoms with Crippen LogP contribution in [0.1, 0.15) is 60.5 Å². The summed E-state index contributed by atoms with van der Waals surface area (Å²) in [6.45, 7) is 6.24. The lowest BCUT2D eigenvalue weighted by molar-refractivity contribution is -0.131. The fourth-order valence-electron chi connectivity index (χ4n) is 5.50. The van der Waals surface area contributed by atoms with Crippen LogP contribution in [0.15, 0.2) is 115 Å². The zero-order valence-corrected chi connectivity index (χ0v) is 22.1. The van der Waals surface area contributed by atoms with Crippen LogP contribution < -0.4 is 0 Å². The van der Waals surface area contributed by atoms with Crippen molar-refractivity contribution in [3.63, 3.8) is 0 Å². The van der Waals surface area contributed by atoms with Gasteiger partial charge in [0.1, 0.15) is 6.04 Å². The van der Waals surface area contributed by atoms with Gasteiger partial charge in [0.05, 0.1) is 5.92 Å². The molecule has 0 radical (unpaired) electrons. The van der Waals surface area contributed by atoms with Crippen molar-refractivity contribution in [1.29, 1.82) is 0 Å². The van der Waals surface area contributed by atoms with Crippen molar-refractivity contribution >= 4 is 12.0 Å². The monoisotopic (exact) mass is 503 g/mol. The Hall–Kier alpha value is -4.18. The van der Waals surface area contributed by atoms with Crippen LogP contribution in [0.3, 0.4) is 0 Å². The highest BCUT2D eigenvalue weighted by molar-refractivity contribution is 5.98. The third-order valence-electron chi connectivity index (χ3n) is 7.34. The molecule has 4 aromatic carbocycles. The number of ether oxygens (including phenoxy) is 1. The van der Waals surface area contributed by atoms with Crippen LogP contribution in [0.25, 0.3) is 0 Å². The van der Waals surface area contributed by atoms with Gasteiger partial charge in [-0.15, -0.1) is 0 Å². The summed E-state index contributed by atoms with van der Waals surface area (Å²) in [7, 11) is 0. The van der Waals surface area contributed by atoms with Crippen LogP contribution in [0.4, 0.5) is 4.79 Å². The van der Waals surface area contributed by atoms with Gasteiger partial charge in [-0.1, -0.05) is 129 Å². The average molecular weight is 504 g/mol. The minimum Gasteiger partial charge on any atom is -0.430 e. The van der Waals surface area contributed by atoms with Crippen molar-refractivity contribution in [2.45, 2.75) is 44.8 Å². The Balaban J connectivity index is 1.62. The van der Waals surface area contributed by atoms with Crippen molar-refractivity contribution in [2.75, 3.05) is 0 Å². The van der Waals surface area contributed by atoms with Gasteiger partial charge in [-0.05, 0) is 36.0 Å². The molecule has 0 unspecified atom stereocenters. The number of hydrogen-bond acceptors (Lipinski definition) is 3. The number of carbonyl (C=O) groups excluding carboxylic acids is 2. The maximum absolute atomic E-state index is 14.2. The predicted molar refractivity (Wildman–Crippen MR) is 150 cm³/mol. The van der Waals surface area contributed by atoms with E-state index in [0.717, 1.165) is 28.7 Å². The van der Waals surface area contributed by atoms with Crippen molar-refractivity contribution < 1.29 is 14.3 Å². The Kier molecular flexibility index (Phi) is 7.15. The van der Waals surface area contributed by atoms with E-state index in [-0.39, 0.29) is 5.91 Å². The van der Waals surface area contributed by atoms with E-state index >= 15 is 0 Å². The zero-order valence-electron chi connectivity index (χ0n) is 22.1. The number of cyclic esters (lactones) is 1. The predicted octanol–water partition coefficient (Wildman–Crippen LogP) is 7.65. The van der Waals surface area contributed by atoms with Gasteiger partial charge in [0.2, 0.25) is 5.91 Å². The summed E-state index contributed by atoms with van der Waals surface area (Å²) in [6.07, 6.45) is 0.341. The summed E-state index contributed by atoms with van der Waals surface area (Å²) in [5, 5.41) is 0. The van der Waals surface area contributed by atoms with Crippen molar-refractivity contribution in [3.05, 3.63) is 143 Å². The third-order valence-corrected chi connectivity index (χ3v) is 7.34. The highest BCUT2D eigenvalue weighted by Crippen LogP contribution is 2.53. The number of nitrogens with zero attached hydrogens (tertiary/aromatic N) is 1. The highest BCUT2D eigenvalue weighted by atomic mass is 16.6.